The lowest BCUT2D eigenvalue weighted by Gasteiger charge is -2.21. The Labute approximate surface area is 127 Å². The molecule has 1 aromatic rings. The maximum atomic E-state index is 12.4. The molecule has 5 nitrogen and oxygen atoms in total. The molecule has 0 aliphatic heterocycles. The normalized spacial score (nSPS) is 11.2. The van der Waals surface area contributed by atoms with Crippen molar-refractivity contribution in [1.82, 2.24) is 4.90 Å². The molecule has 1 rings (SSSR count). The third-order valence-electron chi connectivity index (χ3n) is 2.63. The smallest absolute Gasteiger partial charge is 0.255 e. The van der Waals surface area contributed by atoms with E-state index in [0.717, 1.165) is 5.57 Å². The zero-order chi connectivity index (χ0) is 15.5. The Balaban J connectivity index is 3.24. The number of nitrogens with two attached hydrogens (primary N) is 1. The molecule has 0 unspecified atom stereocenters. The second-order valence-electron chi connectivity index (χ2n) is 4.46. The highest BCUT2D eigenvalue weighted by atomic mass is 79.9. The van der Waals surface area contributed by atoms with Crippen LogP contribution in [0.5, 0.6) is 0 Å². The summed E-state index contributed by atoms with van der Waals surface area (Å²) in [7, 11) is -3.84. The van der Waals surface area contributed by atoms with Crippen LogP contribution in [0.15, 0.2) is 39.7 Å². The molecule has 20 heavy (non-hydrogen) atoms. The Morgan fingerprint density at radius 1 is 1.45 bits per heavy atom. The number of sulfonamides is 1. The molecule has 2 N–H and O–H groups in total. The van der Waals surface area contributed by atoms with Crippen molar-refractivity contribution in [3.05, 3.63) is 40.4 Å². The lowest BCUT2D eigenvalue weighted by atomic mass is 10.2. The van der Waals surface area contributed by atoms with E-state index in [1.165, 1.54) is 18.2 Å². The largest absolute Gasteiger partial charge is 0.335 e. The Bertz CT molecular complexity index is 641. The van der Waals surface area contributed by atoms with Gasteiger partial charge in [0.2, 0.25) is 10.0 Å². The van der Waals surface area contributed by atoms with E-state index in [-0.39, 0.29) is 16.4 Å². The van der Waals surface area contributed by atoms with Crippen molar-refractivity contribution in [3.8, 4) is 0 Å². The van der Waals surface area contributed by atoms with Crippen LogP contribution in [-0.4, -0.2) is 32.3 Å². The van der Waals surface area contributed by atoms with Crippen molar-refractivity contribution in [1.29, 1.82) is 0 Å². The van der Waals surface area contributed by atoms with Gasteiger partial charge in [-0.1, -0.05) is 12.2 Å². The molecule has 110 valence electrons. The number of nitrogens with zero attached hydrogens (tertiary/aromatic N) is 1. The number of likely N-dealkylation sites (N-methyl/N-ethyl adjacent to an activating group) is 1. The van der Waals surface area contributed by atoms with Crippen molar-refractivity contribution >= 4 is 31.9 Å². The van der Waals surface area contributed by atoms with E-state index in [2.05, 4.69) is 22.5 Å². The summed E-state index contributed by atoms with van der Waals surface area (Å²) in [5, 5.41) is 5.08. The Kier molecular flexibility index (Phi) is 5.50. The van der Waals surface area contributed by atoms with Gasteiger partial charge in [-0.3, -0.25) is 4.79 Å². The molecule has 1 amide bonds. The van der Waals surface area contributed by atoms with E-state index in [1.54, 1.807) is 4.90 Å². The fourth-order valence-electron chi connectivity index (χ4n) is 1.67. The van der Waals surface area contributed by atoms with Gasteiger partial charge < -0.3 is 4.90 Å². The molecule has 0 aromatic heterocycles. The second kappa shape index (κ2) is 6.51. The summed E-state index contributed by atoms with van der Waals surface area (Å²) in [4.78, 5) is 13.9. The van der Waals surface area contributed by atoms with Gasteiger partial charge in [-0.2, -0.15) is 0 Å². The van der Waals surface area contributed by atoms with Gasteiger partial charge >= 0.3 is 0 Å². The van der Waals surface area contributed by atoms with E-state index in [0.29, 0.717) is 17.6 Å². The molecule has 0 spiro atoms. The number of amides is 1. The number of hydrogen-bond donors (Lipinski definition) is 1. The highest BCUT2D eigenvalue weighted by Crippen LogP contribution is 2.22. The quantitative estimate of drug-likeness (QED) is 0.816. The zero-order valence-electron chi connectivity index (χ0n) is 11.4. The van der Waals surface area contributed by atoms with Gasteiger partial charge in [0, 0.05) is 17.6 Å². The number of benzene rings is 1. The lowest BCUT2D eigenvalue weighted by Crippen LogP contribution is -2.32. The average molecular weight is 361 g/mol. The van der Waals surface area contributed by atoms with Crippen LogP contribution >= 0.6 is 15.9 Å². The van der Waals surface area contributed by atoms with Crippen LogP contribution in [-0.2, 0) is 10.0 Å². The number of primary sulfonamides is 1. The molecule has 0 aliphatic carbocycles. The summed E-state index contributed by atoms with van der Waals surface area (Å²) >= 11 is 3.26. The van der Waals surface area contributed by atoms with E-state index in [1.807, 2.05) is 13.8 Å². The SMILES string of the molecule is C=C(C)CN(CC)C(=O)c1cc(S(N)(=O)=O)ccc1Br. The summed E-state index contributed by atoms with van der Waals surface area (Å²) < 4.78 is 23.2. The lowest BCUT2D eigenvalue weighted by molar-refractivity contribution is 0.0777. The first kappa shape index (κ1) is 16.9. The van der Waals surface area contributed by atoms with Crippen LogP contribution in [0.4, 0.5) is 0 Å². The first-order chi connectivity index (χ1) is 9.16. The molecule has 1 aromatic carbocycles. The van der Waals surface area contributed by atoms with Gasteiger partial charge in [0.15, 0.2) is 0 Å². The summed E-state index contributed by atoms with van der Waals surface area (Å²) in [6, 6.07) is 4.13. The van der Waals surface area contributed by atoms with E-state index in [9.17, 15) is 13.2 Å². The van der Waals surface area contributed by atoms with Crippen LogP contribution < -0.4 is 5.14 Å². The fourth-order valence-corrected chi connectivity index (χ4v) is 2.62. The molecule has 0 aliphatic rings. The summed E-state index contributed by atoms with van der Waals surface area (Å²) in [6.07, 6.45) is 0. The van der Waals surface area contributed by atoms with Crippen LogP contribution in [0.25, 0.3) is 0 Å². The standard InChI is InChI=1S/C13H17BrN2O3S/c1-4-16(8-9(2)3)13(17)11-7-10(20(15,18)19)5-6-12(11)14/h5-7H,2,4,8H2,1,3H3,(H2,15,18,19). The molecule has 0 saturated heterocycles. The highest BCUT2D eigenvalue weighted by molar-refractivity contribution is 9.10. The Morgan fingerprint density at radius 3 is 2.50 bits per heavy atom. The van der Waals surface area contributed by atoms with Gasteiger partial charge in [0.05, 0.1) is 10.5 Å². The number of carbonyl (C=O) groups excluding carboxylic acids is 1. The average Bonchev–Trinajstić information content (AvgIpc) is 2.34. The summed E-state index contributed by atoms with van der Waals surface area (Å²) in [5.41, 5.74) is 1.11. The number of halogens is 1. The molecule has 0 heterocycles. The molecular weight excluding hydrogens is 344 g/mol. The first-order valence-electron chi connectivity index (χ1n) is 5.92. The van der Waals surface area contributed by atoms with Gasteiger partial charge in [-0.15, -0.1) is 0 Å². The topological polar surface area (TPSA) is 80.5 Å². The van der Waals surface area contributed by atoms with E-state index in [4.69, 9.17) is 5.14 Å². The van der Waals surface area contributed by atoms with Gasteiger partial charge in [0.25, 0.3) is 5.91 Å². The molecule has 0 radical (unpaired) electrons. The monoisotopic (exact) mass is 360 g/mol. The minimum Gasteiger partial charge on any atom is -0.335 e. The molecule has 7 heteroatoms. The van der Waals surface area contributed by atoms with Gasteiger partial charge in [-0.25, -0.2) is 13.6 Å². The van der Waals surface area contributed by atoms with Crippen molar-refractivity contribution in [2.75, 3.05) is 13.1 Å². The number of rotatable bonds is 5. The maximum Gasteiger partial charge on any atom is 0.255 e. The zero-order valence-corrected chi connectivity index (χ0v) is 13.8. The van der Waals surface area contributed by atoms with Gasteiger partial charge in [-0.05, 0) is 48.0 Å². The molecule has 0 bridgehead atoms. The van der Waals surface area contributed by atoms with Crippen LogP contribution in [0.1, 0.15) is 24.2 Å². The van der Waals surface area contributed by atoms with Crippen molar-refractivity contribution < 1.29 is 13.2 Å². The highest BCUT2D eigenvalue weighted by Gasteiger charge is 2.19. The van der Waals surface area contributed by atoms with Crippen LogP contribution in [0.2, 0.25) is 0 Å². The predicted octanol–water partition coefficient (Wildman–Crippen LogP) is 2.13. The molecule has 0 atom stereocenters. The second-order valence-corrected chi connectivity index (χ2v) is 6.88. The third-order valence-corrected chi connectivity index (χ3v) is 4.23. The van der Waals surface area contributed by atoms with Crippen molar-refractivity contribution in [2.45, 2.75) is 18.7 Å². The molecule has 0 fully saturated rings. The molecule has 0 saturated carbocycles. The fraction of sp³-hybridized carbons (Fsp3) is 0.308. The number of hydrogen-bond acceptors (Lipinski definition) is 3. The minimum atomic E-state index is -3.84. The van der Waals surface area contributed by atoms with E-state index >= 15 is 0 Å². The Hall–Kier alpha value is -1.18. The maximum absolute atomic E-state index is 12.4. The summed E-state index contributed by atoms with van der Waals surface area (Å²) in [5.74, 6) is -0.270. The van der Waals surface area contributed by atoms with Crippen molar-refractivity contribution in [3.63, 3.8) is 0 Å². The molecular formula is C13H17BrN2O3S. The van der Waals surface area contributed by atoms with Crippen LogP contribution in [0, 0.1) is 0 Å². The predicted molar refractivity (Wildman–Crippen MR) is 81.9 cm³/mol. The van der Waals surface area contributed by atoms with Gasteiger partial charge in [0.1, 0.15) is 0 Å². The third kappa shape index (κ3) is 4.16. The Morgan fingerprint density at radius 2 is 2.05 bits per heavy atom. The minimum absolute atomic E-state index is 0.0876. The summed E-state index contributed by atoms with van der Waals surface area (Å²) in [6.45, 7) is 8.36. The van der Waals surface area contributed by atoms with Crippen LogP contribution in [0.3, 0.4) is 0 Å². The first-order valence-corrected chi connectivity index (χ1v) is 8.26. The number of carbonyl (C=O) groups is 1. The van der Waals surface area contributed by atoms with E-state index < -0.39 is 10.0 Å². The van der Waals surface area contributed by atoms with Crippen molar-refractivity contribution in [2.24, 2.45) is 5.14 Å².